The Balaban J connectivity index is 0.000000353. The zero-order valence-corrected chi connectivity index (χ0v) is 25.9. The lowest BCUT2D eigenvalue weighted by Gasteiger charge is -2.41. The standard InChI is InChI=1S/C21H29F3N2O6S.C9H5F3N2/c1-11(28)4-3-5-31-33-21-20(30-2)18(19(29)16(10-27)32-21)26-9-13(8-25)12-6-14(22)17(24)15(23)7-12;10-7-1-5(2-8(11)9(7)12)6-3-13-14-4-6/h6-9,11,16,18-21,27-29H,3-5,10,25H2,1-2H3;1-4H,(H,13,14)/b13-8+,26-9?;. The molecule has 6 N–H and O–H groups in total. The number of rotatable bonds is 12. The van der Waals surface area contributed by atoms with Crippen molar-refractivity contribution in [1.82, 2.24) is 10.2 Å². The number of aliphatic hydroxyl groups excluding tert-OH is 3. The van der Waals surface area contributed by atoms with Crippen LogP contribution < -0.4 is 5.73 Å². The highest BCUT2D eigenvalue weighted by molar-refractivity contribution is 7.95. The summed E-state index contributed by atoms with van der Waals surface area (Å²) in [6.07, 6.45) is 2.70. The molecular weight excluding hydrogens is 658 g/mol. The van der Waals surface area contributed by atoms with Gasteiger partial charge in [-0.15, -0.1) is 0 Å². The summed E-state index contributed by atoms with van der Waals surface area (Å²) < 4.78 is 95.3. The molecule has 0 amide bonds. The van der Waals surface area contributed by atoms with Gasteiger partial charge in [-0.05, 0) is 55.2 Å². The molecule has 0 aliphatic carbocycles. The third-order valence-corrected chi connectivity index (χ3v) is 7.68. The number of halogens is 6. The van der Waals surface area contributed by atoms with Gasteiger partial charge in [0.05, 0.1) is 25.5 Å². The average molecular weight is 693 g/mol. The van der Waals surface area contributed by atoms with E-state index in [2.05, 4.69) is 15.2 Å². The van der Waals surface area contributed by atoms with Crippen LogP contribution in [0.5, 0.6) is 0 Å². The predicted octanol–water partition coefficient (Wildman–Crippen LogP) is 4.26. The number of nitrogens with zero attached hydrogens (tertiary/aromatic N) is 2. The summed E-state index contributed by atoms with van der Waals surface area (Å²) in [6, 6.07) is 2.43. The molecule has 1 aliphatic heterocycles. The Morgan fingerprint density at radius 1 is 1.09 bits per heavy atom. The lowest BCUT2D eigenvalue weighted by Crippen LogP contribution is -2.57. The molecule has 47 heavy (non-hydrogen) atoms. The van der Waals surface area contributed by atoms with E-state index in [4.69, 9.17) is 19.4 Å². The molecule has 0 spiro atoms. The number of methoxy groups -OCH3 is 1. The highest BCUT2D eigenvalue weighted by atomic mass is 32.2. The molecule has 6 unspecified atom stereocenters. The van der Waals surface area contributed by atoms with E-state index in [9.17, 15) is 41.7 Å². The molecule has 2 heterocycles. The second-order valence-corrected chi connectivity index (χ2v) is 11.1. The van der Waals surface area contributed by atoms with Gasteiger partial charge in [0.2, 0.25) is 0 Å². The van der Waals surface area contributed by atoms with Gasteiger partial charge >= 0.3 is 0 Å². The summed E-state index contributed by atoms with van der Waals surface area (Å²) in [6.45, 7) is 1.50. The molecule has 1 fully saturated rings. The number of hydrogen-bond acceptors (Lipinski definition) is 10. The molecule has 1 aromatic heterocycles. The fourth-order valence-corrected chi connectivity index (χ4v) is 5.26. The van der Waals surface area contributed by atoms with Gasteiger partial charge in [0.15, 0.2) is 40.3 Å². The number of aliphatic imine (C=N–C) groups is 1. The van der Waals surface area contributed by atoms with E-state index in [0.717, 1.165) is 42.5 Å². The van der Waals surface area contributed by atoms with Crippen LogP contribution in [0.15, 0.2) is 47.9 Å². The Bertz CT molecular complexity index is 1450. The van der Waals surface area contributed by atoms with Gasteiger partial charge in [-0.2, -0.15) is 5.10 Å². The van der Waals surface area contributed by atoms with Crippen LogP contribution in [-0.4, -0.2) is 87.9 Å². The molecule has 1 saturated heterocycles. The van der Waals surface area contributed by atoms with Gasteiger partial charge in [0.25, 0.3) is 0 Å². The Labute approximate surface area is 270 Å². The molecule has 17 heteroatoms. The van der Waals surface area contributed by atoms with Crippen molar-refractivity contribution in [3.63, 3.8) is 0 Å². The van der Waals surface area contributed by atoms with Crippen LogP contribution in [0, 0.1) is 34.9 Å². The van der Waals surface area contributed by atoms with E-state index in [-0.39, 0.29) is 16.7 Å². The number of nitrogens with two attached hydrogens (primary N) is 1. The van der Waals surface area contributed by atoms with E-state index >= 15 is 0 Å². The van der Waals surface area contributed by atoms with E-state index < -0.39 is 77.4 Å². The molecular formula is C30H34F6N4O6S. The maximum absolute atomic E-state index is 13.6. The van der Waals surface area contributed by atoms with Crippen LogP contribution in [0.1, 0.15) is 25.3 Å². The largest absolute Gasteiger partial charge is 0.404 e. The smallest absolute Gasteiger partial charge is 0.194 e. The van der Waals surface area contributed by atoms with Crippen molar-refractivity contribution in [2.24, 2.45) is 10.7 Å². The quantitative estimate of drug-likeness (QED) is 0.0616. The van der Waals surface area contributed by atoms with Gasteiger partial charge in [-0.25, -0.2) is 26.3 Å². The zero-order chi connectivity index (χ0) is 34.7. The minimum absolute atomic E-state index is 0.0563. The number of nitrogens with one attached hydrogen (secondary N) is 1. The van der Waals surface area contributed by atoms with Crippen LogP contribution in [0.2, 0.25) is 0 Å². The van der Waals surface area contributed by atoms with E-state index in [0.29, 0.717) is 25.0 Å². The maximum atomic E-state index is 13.6. The van der Waals surface area contributed by atoms with Crippen molar-refractivity contribution in [2.45, 2.75) is 55.7 Å². The zero-order valence-electron chi connectivity index (χ0n) is 25.1. The van der Waals surface area contributed by atoms with Crippen molar-refractivity contribution in [2.75, 3.05) is 20.3 Å². The first-order valence-corrected chi connectivity index (χ1v) is 14.9. The van der Waals surface area contributed by atoms with Crippen LogP contribution in [0.4, 0.5) is 26.3 Å². The molecule has 3 aromatic rings. The molecule has 10 nitrogen and oxygen atoms in total. The van der Waals surface area contributed by atoms with Gasteiger partial charge in [0.1, 0.15) is 24.4 Å². The summed E-state index contributed by atoms with van der Waals surface area (Å²) in [5, 5.41) is 35.7. The number of ether oxygens (including phenoxy) is 2. The molecule has 4 rings (SSSR count). The van der Waals surface area contributed by atoms with Gasteiger partial charge in [-0.1, -0.05) is 0 Å². The second kappa shape index (κ2) is 18.2. The highest BCUT2D eigenvalue weighted by Crippen LogP contribution is 2.33. The Morgan fingerprint density at radius 2 is 1.70 bits per heavy atom. The monoisotopic (exact) mass is 692 g/mol. The summed E-state index contributed by atoms with van der Waals surface area (Å²) in [5.74, 6) is -8.25. The lowest BCUT2D eigenvalue weighted by molar-refractivity contribution is -0.168. The Hall–Kier alpha value is -3.45. The molecule has 1 aliphatic rings. The minimum Gasteiger partial charge on any atom is -0.404 e. The van der Waals surface area contributed by atoms with Gasteiger partial charge < -0.3 is 34.7 Å². The van der Waals surface area contributed by atoms with Crippen molar-refractivity contribution in [3.8, 4) is 11.1 Å². The van der Waals surface area contributed by atoms with E-state index in [1.54, 1.807) is 6.92 Å². The predicted molar refractivity (Wildman–Crippen MR) is 162 cm³/mol. The first kappa shape index (κ1) is 38.0. The number of H-pyrrole nitrogens is 1. The topological polar surface area (TPSA) is 155 Å². The average Bonchev–Trinajstić information content (AvgIpc) is 3.59. The van der Waals surface area contributed by atoms with Gasteiger partial charge in [-0.3, -0.25) is 10.1 Å². The van der Waals surface area contributed by atoms with Crippen molar-refractivity contribution < 1.29 is 55.3 Å². The first-order chi connectivity index (χ1) is 22.4. The van der Waals surface area contributed by atoms with Crippen LogP contribution >= 0.6 is 12.0 Å². The highest BCUT2D eigenvalue weighted by Gasteiger charge is 2.46. The third kappa shape index (κ3) is 10.3. The van der Waals surface area contributed by atoms with E-state index in [1.807, 2.05) is 0 Å². The van der Waals surface area contributed by atoms with Crippen LogP contribution in [0.3, 0.4) is 0 Å². The number of aliphatic hydroxyl groups is 3. The fourth-order valence-electron chi connectivity index (χ4n) is 4.34. The summed E-state index contributed by atoms with van der Waals surface area (Å²) in [4.78, 5) is 4.28. The maximum Gasteiger partial charge on any atom is 0.194 e. The SMILES string of the molecule is COC1C(SOCCCC(C)O)OC(CO)C(O)C1N=C/C(=C\N)c1cc(F)c(F)c(F)c1.Fc1cc(-c2cn[nH]c2)cc(F)c1F. The Kier molecular flexibility index (Phi) is 14.7. The normalized spacial score (nSPS) is 22.3. The number of aromatic amines is 1. The third-order valence-electron chi connectivity index (χ3n) is 6.81. The summed E-state index contributed by atoms with van der Waals surface area (Å²) in [5.41, 5.74) is 5.56. The fraction of sp³-hybridized carbons (Fsp3) is 0.400. The number of aromatic nitrogens is 2. The lowest BCUT2D eigenvalue weighted by atomic mass is 9.97. The molecule has 6 atom stereocenters. The molecule has 2 aromatic carbocycles. The second-order valence-electron chi connectivity index (χ2n) is 10.2. The van der Waals surface area contributed by atoms with Crippen LogP contribution in [0.25, 0.3) is 16.7 Å². The van der Waals surface area contributed by atoms with Crippen molar-refractivity contribution >= 4 is 23.8 Å². The Morgan fingerprint density at radius 3 is 2.21 bits per heavy atom. The van der Waals surface area contributed by atoms with Gasteiger partial charge in [0, 0.05) is 48.9 Å². The molecule has 0 bridgehead atoms. The first-order valence-electron chi connectivity index (χ1n) is 14.1. The molecule has 0 radical (unpaired) electrons. The minimum atomic E-state index is -1.61. The van der Waals surface area contributed by atoms with E-state index in [1.165, 1.54) is 25.7 Å². The molecule has 258 valence electrons. The van der Waals surface area contributed by atoms with Crippen molar-refractivity contribution in [3.05, 3.63) is 83.3 Å². The van der Waals surface area contributed by atoms with Crippen LogP contribution in [-0.2, 0) is 13.7 Å². The summed E-state index contributed by atoms with van der Waals surface area (Å²) in [7, 11) is 1.38. The number of benzene rings is 2. The molecule has 0 saturated carbocycles. The summed E-state index contributed by atoms with van der Waals surface area (Å²) >= 11 is 0.943. The number of hydrogen-bond donors (Lipinski definition) is 5. The van der Waals surface area contributed by atoms with Crippen molar-refractivity contribution in [1.29, 1.82) is 0 Å². The number of allylic oxidation sites excluding steroid dienone is 1.